The number of esters is 1. The summed E-state index contributed by atoms with van der Waals surface area (Å²) in [5.74, 6) is 0.489. The van der Waals surface area contributed by atoms with E-state index in [1.165, 1.54) is 7.11 Å². The Morgan fingerprint density at radius 1 is 1.55 bits per heavy atom. The van der Waals surface area contributed by atoms with Crippen LogP contribution < -0.4 is 0 Å². The quantitative estimate of drug-likeness (QED) is 0.577. The van der Waals surface area contributed by atoms with Gasteiger partial charge >= 0.3 is 5.97 Å². The Bertz CT molecular complexity index is 583. The lowest BCUT2D eigenvalue weighted by molar-refractivity contribution is -0.139. The van der Waals surface area contributed by atoms with Crippen molar-refractivity contribution in [2.75, 3.05) is 18.6 Å². The van der Waals surface area contributed by atoms with Gasteiger partial charge in [-0.25, -0.2) is 8.42 Å². The number of ether oxygens (including phenoxy) is 1. The fraction of sp³-hybridized carbons (Fsp3) is 0.727. The highest BCUT2D eigenvalue weighted by atomic mass is 32.2. The van der Waals surface area contributed by atoms with Gasteiger partial charge in [-0.15, -0.1) is 10.2 Å². The second kappa shape index (κ2) is 6.13. The molecule has 0 N–H and O–H groups in total. The Morgan fingerprint density at radius 2 is 2.30 bits per heavy atom. The molecule has 0 spiro atoms. The van der Waals surface area contributed by atoms with Crippen LogP contribution in [0.4, 0.5) is 0 Å². The molecule has 2 unspecified atom stereocenters. The lowest BCUT2D eigenvalue weighted by atomic mass is 10.1. The van der Waals surface area contributed by atoms with E-state index < -0.39 is 15.1 Å². The Kier molecular flexibility index (Phi) is 4.69. The van der Waals surface area contributed by atoms with Gasteiger partial charge < -0.3 is 9.15 Å². The van der Waals surface area contributed by atoms with E-state index >= 15 is 0 Å². The predicted octanol–water partition coefficient (Wildman–Crippen LogP) is 0.700. The minimum atomic E-state index is -2.90. The third kappa shape index (κ3) is 3.95. The standard InChI is InChI=1S/C11H16N2O5S2/c1-7(10(14)17-2)19-11-13-12-9(18-11)5-8-3-4-20(15,16)6-8/h7-8H,3-6H2,1-2H3. The number of sulfone groups is 1. The first-order valence-corrected chi connectivity index (χ1v) is 8.87. The summed E-state index contributed by atoms with van der Waals surface area (Å²) in [6, 6.07) is 0. The van der Waals surface area contributed by atoms with Crippen LogP contribution in [0, 0.1) is 5.92 Å². The van der Waals surface area contributed by atoms with Crippen molar-refractivity contribution in [3.05, 3.63) is 5.89 Å². The molecule has 1 aliphatic heterocycles. The maximum atomic E-state index is 11.4. The molecule has 0 saturated carbocycles. The van der Waals surface area contributed by atoms with E-state index in [1.54, 1.807) is 6.92 Å². The molecule has 2 heterocycles. The van der Waals surface area contributed by atoms with Gasteiger partial charge in [0, 0.05) is 6.42 Å². The van der Waals surface area contributed by atoms with Crippen molar-refractivity contribution in [1.29, 1.82) is 0 Å². The number of rotatable bonds is 5. The van der Waals surface area contributed by atoms with E-state index in [-0.39, 0.29) is 23.4 Å². The van der Waals surface area contributed by atoms with Crippen LogP contribution in [0.2, 0.25) is 0 Å². The molecule has 0 aromatic carbocycles. The Morgan fingerprint density at radius 3 is 2.90 bits per heavy atom. The van der Waals surface area contributed by atoms with Crippen LogP contribution in [0.15, 0.2) is 9.64 Å². The largest absolute Gasteiger partial charge is 0.468 e. The molecule has 1 fully saturated rings. The third-order valence-corrected chi connectivity index (χ3v) is 5.80. The Hall–Kier alpha value is -1.09. The van der Waals surface area contributed by atoms with Crippen LogP contribution in [0.5, 0.6) is 0 Å². The van der Waals surface area contributed by atoms with Crippen LogP contribution in [0.1, 0.15) is 19.2 Å². The van der Waals surface area contributed by atoms with Crippen molar-refractivity contribution < 1.29 is 22.4 Å². The highest BCUT2D eigenvalue weighted by Crippen LogP contribution is 2.26. The lowest BCUT2D eigenvalue weighted by Gasteiger charge is -2.04. The summed E-state index contributed by atoms with van der Waals surface area (Å²) in [7, 11) is -1.58. The molecule has 0 bridgehead atoms. The summed E-state index contributed by atoms with van der Waals surface area (Å²) in [5, 5.41) is 7.58. The summed E-state index contributed by atoms with van der Waals surface area (Å²) in [6.07, 6.45) is 1.09. The maximum absolute atomic E-state index is 11.4. The molecule has 2 atom stereocenters. The SMILES string of the molecule is COC(=O)C(C)Sc1nnc(CC2CCS(=O)(=O)C2)o1. The first kappa shape index (κ1) is 15.3. The summed E-state index contributed by atoms with van der Waals surface area (Å²) in [6.45, 7) is 1.68. The zero-order valence-electron chi connectivity index (χ0n) is 11.2. The Labute approximate surface area is 121 Å². The first-order valence-electron chi connectivity index (χ1n) is 6.17. The second-order valence-corrected chi connectivity index (χ2v) is 8.24. The highest BCUT2D eigenvalue weighted by molar-refractivity contribution is 8.00. The van der Waals surface area contributed by atoms with Gasteiger partial charge in [-0.2, -0.15) is 0 Å². The van der Waals surface area contributed by atoms with Crippen LogP contribution in [0.3, 0.4) is 0 Å². The van der Waals surface area contributed by atoms with Crippen molar-refractivity contribution in [1.82, 2.24) is 10.2 Å². The minimum absolute atomic E-state index is 0.0383. The third-order valence-electron chi connectivity index (χ3n) is 3.05. The molecule has 1 saturated heterocycles. The van der Waals surface area contributed by atoms with Gasteiger partial charge in [-0.1, -0.05) is 11.8 Å². The van der Waals surface area contributed by atoms with Crippen molar-refractivity contribution in [3.63, 3.8) is 0 Å². The number of hydrogen-bond acceptors (Lipinski definition) is 8. The molecule has 0 amide bonds. The summed E-state index contributed by atoms with van der Waals surface area (Å²) in [5.41, 5.74) is 0. The van der Waals surface area contributed by atoms with Crippen molar-refractivity contribution in [2.45, 2.75) is 30.2 Å². The van der Waals surface area contributed by atoms with Gasteiger partial charge in [0.25, 0.3) is 5.22 Å². The summed E-state index contributed by atoms with van der Waals surface area (Å²) < 4.78 is 32.8. The average Bonchev–Trinajstić information content (AvgIpc) is 2.95. The molecule has 0 aliphatic carbocycles. The molecule has 1 aliphatic rings. The number of nitrogens with zero attached hydrogens (tertiary/aromatic N) is 2. The molecular formula is C11H16N2O5S2. The van der Waals surface area contributed by atoms with Crippen LogP contribution >= 0.6 is 11.8 Å². The normalized spacial score (nSPS) is 22.6. The highest BCUT2D eigenvalue weighted by Gasteiger charge is 2.29. The molecule has 2 rings (SSSR count). The van der Waals surface area contributed by atoms with Crippen molar-refractivity contribution >= 4 is 27.6 Å². The number of aromatic nitrogens is 2. The number of hydrogen-bond donors (Lipinski definition) is 0. The van der Waals surface area contributed by atoms with Gasteiger partial charge in [-0.05, 0) is 19.3 Å². The fourth-order valence-electron chi connectivity index (χ4n) is 2.01. The van der Waals surface area contributed by atoms with E-state index in [9.17, 15) is 13.2 Å². The fourth-order valence-corrected chi connectivity index (χ4v) is 4.60. The number of thioether (sulfide) groups is 1. The minimum Gasteiger partial charge on any atom is -0.468 e. The topological polar surface area (TPSA) is 99.4 Å². The molecule has 1 aromatic rings. The van der Waals surface area contributed by atoms with Gasteiger partial charge in [-0.3, -0.25) is 4.79 Å². The van der Waals surface area contributed by atoms with E-state index in [0.29, 0.717) is 24.0 Å². The Balaban J connectivity index is 1.91. The zero-order chi connectivity index (χ0) is 14.8. The smallest absolute Gasteiger partial charge is 0.319 e. The van der Waals surface area contributed by atoms with Crippen LogP contribution in [0.25, 0.3) is 0 Å². The number of methoxy groups -OCH3 is 1. The summed E-state index contributed by atoms with van der Waals surface area (Å²) in [4.78, 5) is 11.3. The average molecular weight is 320 g/mol. The second-order valence-electron chi connectivity index (χ2n) is 4.72. The molecule has 0 radical (unpaired) electrons. The van der Waals surface area contributed by atoms with E-state index in [2.05, 4.69) is 14.9 Å². The maximum Gasteiger partial charge on any atom is 0.319 e. The molecular weight excluding hydrogens is 304 g/mol. The molecule has 7 nitrogen and oxygen atoms in total. The number of carbonyl (C=O) groups excluding carboxylic acids is 1. The predicted molar refractivity (Wildman–Crippen MR) is 72.1 cm³/mol. The van der Waals surface area contributed by atoms with E-state index in [0.717, 1.165) is 11.8 Å². The molecule has 9 heteroatoms. The molecule has 1 aromatic heterocycles. The van der Waals surface area contributed by atoms with Crippen molar-refractivity contribution in [3.8, 4) is 0 Å². The van der Waals surface area contributed by atoms with Gasteiger partial charge in [0.15, 0.2) is 9.84 Å². The monoisotopic (exact) mass is 320 g/mol. The van der Waals surface area contributed by atoms with E-state index in [1.807, 2.05) is 0 Å². The van der Waals surface area contributed by atoms with E-state index in [4.69, 9.17) is 4.42 Å². The molecule has 20 heavy (non-hydrogen) atoms. The van der Waals surface area contributed by atoms with Crippen LogP contribution in [-0.4, -0.2) is 48.4 Å². The van der Waals surface area contributed by atoms with Gasteiger partial charge in [0.2, 0.25) is 5.89 Å². The van der Waals surface area contributed by atoms with Gasteiger partial charge in [0.1, 0.15) is 5.25 Å². The summed E-state index contributed by atoms with van der Waals surface area (Å²) >= 11 is 1.12. The lowest BCUT2D eigenvalue weighted by Crippen LogP contribution is -2.14. The number of carbonyl (C=O) groups is 1. The van der Waals surface area contributed by atoms with Gasteiger partial charge in [0.05, 0.1) is 18.6 Å². The first-order chi connectivity index (χ1) is 9.39. The molecule has 112 valence electrons. The van der Waals surface area contributed by atoms with Crippen molar-refractivity contribution in [2.24, 2.45) is 5.92 Å². The zero-order valence-corrected chi connectivity index (χ0v) is 12.9. The van der Waals surface area contributed by atoms with Crippen LogP contribution in [-0.2, 0) is 25.8 Å².